The van der Waals surface area contributed by atoms with Crippen LogP contribution < -0.4 is 31.4 Å². The monoisotopic (exact) mass is 436 g/mol. The smallest absolute Gasteiger partial charge is 0.330 e. The number of nitrogens with zero attached hydrogens (tertiary/aromatic N) is 2. The van der Waals surface area contributed by atoms with Gasteiger partial charge in [0.1, 0.15) is 5.82 Å². The van der Waals surface area contributed by atoms with Gasteiger partial charge in [-0.25, -0.2) is 4.79 Å². The van der Waals surface area contributed by atoms with Gasteiger partial charge in [0, 0.05) is 20.0 Å². The molecule has 1 aliphatic rings. The Hall–Kier alpha value is -2.94. The van der Waals surface area contributed by atoms with Crippen LogP contribution in [-0.4, -0.2) is 35.7 Å². The fourth-order valence-corrected chi connectivity index (χ4v) is 3.53. The lowest BCUT2D eigenvalue weighted by atomic mass is 10.1. The van der Waals surface area contributed by atoms with Crippen LogP contribution in [0.25, 0.3) is 0 Å². The number of H-pyrrole nitrogens is 1. The van der Waals surface area contributed by atoms with Gasteiger partial charge >= 0.3 is 5.69 Å². The number of halogens is 1. The molecule has 162 valence electrons. The maximum absolute atomic E-state index is 12.9. The average molecular weight is 437 g/mol. The van der Waals surface area contributed by atoms with Gasteiger partial charge in [-0.2, -0.15) is 0 Å². The largest absolute Gasteiger partial charge is 0.489 e. The molecule has 1 aliphatic heterocycles. The number of anilines is 2. The summed E-state index contributed by atoms with van der Waals surface area (Å²) in [7, 11) is 1.45. The highest BCUT2D eigenvalue weighted by Gasteiger charge is 2.22. The van der Waals surface area contributed by atoms with Crippen molar-refractivity contribution in [1.82, 2.24) is 9.55 Å². The molecule has 9 nitrogen and oxygen atoms in total. The Morgan fingerprint density at radius 2 is 2.03 bits per heavy atom. The molecule has 0 saturated heterocycles. The molecule has 10 heteroatoms. The predicted molar refractivity (Wildman–Crippen MR) is 115 cm³/mol. The molecule has 30 heavy (non-hydrogen) atoms. The number of aromatic nitrogens is 2. The number of likely N-dealkylation sites (N-methyl/N-ethyl adjacent to an activating group) is 1. The van der Waals surface area contributed by atoms with Crippen molar-refractivity contribution in [3.8, 4) is 11.5 Å². The zero-order chi connectivity index (χ0) is 21.8. The molecule has 0 saturated carbocycles. The number of carbonyl (C=O) groups is 1. The van der Waals surface area contributed by atoms with E-state index in [1.54, 1.807) is 12.1 Å². The van der Waals surface area contributed by atoms with E-state index in [1.807, 2.05) is 6.92 Å². The minimum absolute atomic E-state index is 0.0373. The second-order valence-corrected chi connectivity index (χ2v) is 7.49. The van der Waals surface area contributed by atoms with E-state index in [4.69, 9.17) is 26.8 Å². The molecule has 2 aromatic rings. The molecule has 2 heterocycles. The van der Waals surface area contributed by atoms with Gasteiger partial charge in [-0.05, 0) is 24.1 Å². The van der Waals surface area contributed by atoms with Gasteiger partial charge in [0.25, 0.3) is 5.56 Å². The normalized spacial score (nSPS) is 13.0. The molecule has 3 rings (SSSR count). The van der Waals surface area contributed by atoms with E-state index in [0.717, 1.165) is 17.7 Å². The van der Waals surface area contributed by atoms with Crippen molar-refractivity contribution < 1.29 is 14.3 Å². The third kappa shape index (κ3) is 4.46. The van der Waals surface area contributed by atoms with Crippen LogP contribution in [0.15, 0.2) is 21.7 Å². The van der Waals surface area contributed by atoms with Gasteiger partial charge in [0.15, 0.2) is 17.2 Å². The van der Waals surface area contributed by atoms with Crippen molar-refractivity contribution in [3.05, 3.63) is 43.6 Å². The van der Waals surface area contributed by atoms with Gasteiger partial charge in [-0.1, -0.05) is 24.9 Å². The van der Waals surface area contributed by atoms with Crippen LogP contribution in [0.5, 0.6) is 11.5 Å². The molecule has 1 amide bonds. The summed E-state index contributed by atoms with van der Waals surface area (Å²) in [5.41, 5.74) is 5.33. The molecule has 0 radical (unpaired) electrons. The minimum atomic E-state index is -0.710. The van der Waals surface area contributed by atoms with Crippen LogP contribution in [0.4, 0.5) is 11.5 Å². The first-order chi connectivity index (χ1) is 14.3. The number of hydrogen-bond donors (Lipinski definition) is 2. The molecule has 0 spiro atoms. The third-order valence-electron chi connectivity index (χ3n) is 4.88. The van der Waals surface area contributed by atoms with Crippen LogP contribution in [0.2, 0.25) is 5.02 Å². The Balaban J connectivity index is 1.88. The number of carbonyl (C=O) groups excluding carboxylic acids is 1. The number of unbranched alkanes of at least 4 members (excludes halogenated alkanes) is 1. The summed E-state index contributed by atoms with van der Waals surface area (Å²) < 4.78 is 12.5. The molecular formula is C20H25ClN4O5. The van der Waals surface area contributed by atoms with Crippen molar-refractivity contribution >= 4 is 29.0 Å². The number of amides is 1. The summed E-state index contributed by atoms with van der Waals surface area (Å²) in [5, 5.41) is 0.352. The second kappa shape index (κ2) is 9.25. The minimum Gasteiger partial charge on any atom is -0.489 e. The molecule has 0 bridgehead atoms. The fraction of sp³-hybridized carbons (Fsp3) is 0.450. The lowest BCUT2D eigenvalue weighted by Gasteiger charge is -2.20. The Morgan fingerprint density at radius 1 is 1.30 bits per heavy atom. The van der Waals surface area contributed by atoms with Crippen LogP contribution in [0, 0.1) is 0 Å². The standard InChI is InChI=1S/C20H25ClN4O5/c1-3-4-6-25-18(22)16(19(27)23-20(25)28)24(2)15(26)11-12-9-13(21)17-14(10-12)29-7-5-8-30-17/h9-10H,3-8,11,22H2,1-2H3,(H,23,27,28). The number of hydrogen-bond acceptors (Lipinski definition) is 6. The fourth-order valence-electron chi connectivity index (χ4n) is 3.24. The van der Waals surface area contributed by atoms with Crippen LogP contribution in [0.3, 0.4) is 0 Å². The van der Waals surface area contributed by atoms with Gasteiger partial charge in [-0.15, -0.1) is 0 Å². The number of fused-ring (bicyclic) bond motifs is 1. The number of nitrogens with one attached hydrogen (secondary N) is 1. The van der Waals surface area contributed by atoms with Gasteiger partial charge in [-0.3, -0.25) is 19.1 Å². The predicted octanol–water partition coefficient (Wildman–Crippen LogP) is 1.94. The van der Waals surface area contributed by atoms with E-state index in [-0.39, 0.29) is 17.9 Å². The zero-order valence-electron chi connectivity index (χ0n) is 17.0. The number of nitrogens with two attached hydrogens (primary N) is 1. The van der Waals surface area contributed by atoms with E-state index >= 15 is 0 Å². The van der Waals surface area contributed by atoms with E-state index in [2.05, 4.69) is 4.98 Å². The number of nitrogen functional groups attached to an aromatic ring is 1. The summed E-state index contributed by atoms with van der Waals surface area (Å²) >= 11 is 6.29. The molecule has 1 aromatic carbocycles. The second-order valence-electron chi connectivity index (χ2n) is 7.08. The van der Waals surface area contributed by atoms with Crippen molar-refractivity contribution in [2.45, 2.75) is 39.2 Å². The topological polar surface area (TPSA) is 120 Å². The number of rotatable bonds is 6. The molecule has 0 atom stereocenters. The highest BCUT2D eigenvalue weighted by Crippen LogP contribution is 2.38. The summed E-state index contributed by atoms with van der Waals surface area (Å²) in [4.78, 5) is 40.7. The lowest BCUT2D eigenvalue weighted by Crippen LogP contribution is -2.39. The number of aromatic amines is 1. The third-order valence-corrected chi connectivity index (χ3v) is 5.16. The summed E-state index contributed by atoms with van der Waals surface area (Å²) in [6.45, 7) is 3.32. The van der Waals surface area contributed by atoms with Crippen molar-refractivity contribution in [1.29, 1.82) is 0 Å². The van der Waals surface area contributed by atoms with Crippen LogP contribution in [0.1, 0.15) is 31.7 Å². The molecule has 0 aliphatic carbocycles. The number of ether oxygens (including phenoxy) is 2. The molecule has 3 N–H and O–H groups in total. The first-order valence-corrected chi connectivity index (χ1v) is 10.2. The summed E-state index contributed by atoms with van der Waals surface area (Å²) in [6, 6.07) is 3.34. The van der Waals surface area contributed by atoms with Crippen molar-refractivity contribution in [2.75, 3.05) is 30.9 Å². The maximum Gasteiger partial charge on any atom is 0.330 e. The first kappa shape index (κ1) is 21.8. The molecule has 1 aromatic heterocycles. The lowest BCUT2D eigenvalue weighted by molar-refractivity contribution is -0.117. The Kier molecular flexibility index (Phi) is 6.71. The Bertz CT molecular complexity index is 1060. The van der Waals surface area contributed by atoms with E-state index < -0.39 is 17.2 Å². The van der Waals surface area contributed by atoms with Crippen LogP contribution in [-0.2, 0) is 17.8 Å². The Morgan fingerprint density at radius 3 is 2.77 bits per heavy atom. The van der Waals surface area contributed by atoms with Crippen molar-refractivity contribution in [3.63, 3.8) is 0 Å². The van der Waals surface area contributed by atoms with Gasteiger partial charge in [0.05, 0.1) is 24.7 Å². The van der Waals surface area contributed by atoms with E-state index in [1.165, 1.54) is 11.6 Å². The van der Waals surface area contributed by atoms with E-state index in [0.29, 0.717) is 48.3 Å². The SMILES string of the molecule is CCCCn1c(N)c(N(C)C(=O)Cc2cc(Cl)c3c(c2)OCCCO3)c(=O)[nH]c1=O. The number of benzene rings is 1. The summed E-state index contributed by atoms with van der Waals surface area (Å²) in [5.74, 6) is 0.515. The van der Waals surface area contributed by atoms with Crippen molar-refractivity contribution in [2.24, 2.45) is 0 Å². The summed E-state index contributed by atoms with van der Waals surface area (Å²) in [6.07, 6.45) is 2.25. The average Bonchev–Trinajstić information content (AvgIpc) is 2.93. The molecular weight excluding hydrogens is 412 g/mol. The Labute approximate surface area is 178 Å². The van der Waals surface area contributed by atoms with Gasteiger partial charge in [0.2, 0.25) is 5.91 Å². The zero-order valence-corrected chi connectivity index (χ0v) is 17.8. The van der Waals surface area contributed by atoms with E-state index in [9.17, 15) is 14.4 Å². The highest BCUT2D eigenvalue weighted by molar-refractivity contribution is 6.32. The molecule has 0 fully saturated rings. The quantitative estimate of drug-likeness (QED) is 0.714. The van der Waals surface area contributed by atoms with Gasteiger partial charge < -0.3 is 20.1 Å². The maximum atomic E-state index is 12.9. The highest BCUT2D eigenvalue weighted by atomic mass is 35.5. The first-order valence-electron chi connectivity index (χ1n) is 9.80. The molecule has 0 unspecified atom stereocenters. The van der Waals surface area contributed by atoms with Crippen LogP contribution >= 0.6 is 11.6 Å².